The molecule has 5 heteroatoms. The number of ketones is 1. The Labute approximate surface area is 164 Å². The molecule has 0 fully saturated rings. The number of rotatable bonds is 4. The average Bonchev–Trinajstić information content (AvgIpc) is 3.23. The maximum atomic E-state index is 12.6. The van der Waals surface area contributed by atoms with Gasteiger partial charge in [0.1, 0.15) is 18.1 Å². The fourth-order valence-corrected chi connectivity index (χ4v) is 3.72. The van der Waals surface area contributed by atoms with E-state index < -0.39 is 0 Å². The van der Waals surface area contributed by atoms with Crippen molar-refractivity contribution in [1.82, 2.24) is 0 Å². The quantitative estimate of drug-likeness (QED) is 0.478. The lowest BCUT2D eigenvalue weighted by molar-refractivity contribution is 0.101. The molecule has 2 aromatic carbocycles. The number of benzene rings is 2. The van der Waals surface area contributed by atoms with Gasteiger partial charge in [0.05, 0.1) is 5.56 Å². The number of halogens is 1. The topological polar surface area (TPSA) is 35.5 Å². The molecule has 0 atom stereocenters. The summed E-state index contributed by atoms with van der Waals surface area (Å²) in [7, 11) is 0. The largest absolute Gasteiger partial charge is 0.489 e. The second kappa shape index (κ2) is 7.09. The maximum absolute atomic E-state index is 12.6. The van der Waals surface area contributed by atoms with Crippen molar-refractivity contribution in [3.63, 3.8) is 0 Å². The van der Waals surface area contributed by atoms with Crippen LogP contribution in [0.25, 0.3) is 6.08 Å². The minimum Gasteiger partial charge on any atom is -0.489 e. The Morgan fingerprint density at radius 3 is 2.73 bits per heavy atom. The van der Waals surface area contributed by atoms with E-state index in [0.29, 0.717) is 29.4 Å². The van der Waals surface area contributed by atoms with Crippen LogP contribution in [0.5, 0.6) is 11.5 Å². The lowest BCUT2D eigenvalue weighted by Gasteiger charge is -2.09. The summed E-state index contributed by atoms with van der Waals surface area (Å²) < 4.78 is 12.7. The minimum atomic E-state index is -0.0784. The first-order valence-electron chi connectivity index (χ1n) is 8.10. The van der Waals surface area contributed by atoms with Crippen molar-refractivity contribution in [2.45, 2.75) is 13.5 Å². The number of Topliss-reactive ketones (excluding diaryl/α,β-unsaturated/α-hetero) is 1. The van der Waals surface area contributed by atoms with Crippen LogP contribution >= 0.6 is 27.3 Å². The Bertz CT molecular complexity index is 989. The highest BCUT2D eigenvalue weighted by atomic mass is 79.9. The Balaban J connectivity index is 1.56. The molecular weight excluding hydrogens is 412 g/mol. The molecule has 1 aliphatic heterocycles. The van der Waals surface area contributed by atoms with Crippen LogP contribution in [0.4, 0.5) is 0 Å². The molecule has 0 bridgehead atoms. The number of carbonyl (C=O) groups is 1. The highest BCUT2D eigenvalue weighted by Gasteiger charge is 2.30. The Morgan fingerprint density at radius 2 is 2.00 bits per heavy atom. The number of allylic oxidation sites excluding steroid dienone is 1. The van der Waals surface area contributed by atoms with E-state index in [9.17, 15) is 4.79 Å². The lowest BCUT2D eigenvalue weighted by Crippen LogP contribution is -1.99. The third kappa shape index (κ3) is 3.45. The molecule has 1 aromatic heterocycles. The number of ether oxygens (including phenoxy) is 2. The van der Waals surface area contributed by atoms with E-state index in [1.807, 2.05) is 54.8 Å². The molecule has 1 aliphatic rings. The van der Waals surface area contributed by atoms with Crippen LogP contribution < -0.4 is 9.47 Å². The Morgan fingerprint density at radius 1 is 1.19 bits per heavy atom. The van der Waals surface area contributed by atoms with Crippen LogP contribution in [0.2, 0.25) is 0 Å². The molecule has 0 N–H and O–H groups in total. The van der Waals surface area contributed by atoms with Gasteiger partial charge in [0.15, 0.2) is 5.76 Å². The van der Waals surface area contributed by atoms with E-state index in [1.165, 1.54) is 0 Å². The van der Waals surface area contributed by atoms with Crippen LogP contribution in [-0.2, 0) is 6.61 Å². The highest BCUT2D eigenvalue weighted by Crippen LogP contribution is 2.38. The summed E-state index contributed by atoms with van der Waals surface area (Å²) >= 11 is 4.99. The van der Waals surface area contributed by atoms with Crippen LogP contribution in [0.3, 0.4) is 0 Å². The van der Waals surface area contributed by atoms with Crippen molar-refractivity contribution in [2.75, 3.05) is 0 Å². The Hall–Kier alpha value is -2.37. The molecule has 26 heavy (non-hydrogen) atoms. The van der Waals surface area contributed by atoms with E-state index in [4.69, 9.17) is 9.47 Å². The summed E-state index contributed by atoms with van der Waals surface area (Å²) in [5.41, 5.74) is 2.54. The van der Waals surface area contributed by atoms with E-state index in [1.54, 1.807) is 23.5 Å². The zero-order chi connectivity index (χ0) is 18.1. The smallest absolute Gasteiger partial charge is 0.232 e. The van der Waals surface area contributed by atoms with E-state index in [-0.39, 0.29) is 5.78 Å². The summed E-state index contributed by atoms with van der Waals surface area (Å²) in [5.74, 6) is 1.53. The first-order chi connectivity index (χ1) is 12.6. The van der Waals surface area contributed by atoms with Crippen molar-refractivity contribution in [1.29, 1.82) is 0 Å². The van der Waals surface area contributed by atoms with Gasteiger partial charge >= 0.3 is 0 Å². The van der Waals surface area contributed by atoms with Crippen molar-refractivity contribution in [2.24, 2.45) is 0 Å². The zero-order valence-corrected chi connectivity index (χ0v) is 16.4. The van der Waals surface area contributed by atoms with Gasteiger partial charge in [-0.05, 0) is 47.7 Å². The first-order valence-corrected chi connectivity index (χ1v) is 9.77. The maximum Gasteiger partial charge on any atom is 0.232 e. The molecule has 0 radical (unpaired) electrons. The van der Waals surface area contributed by atoms with Gasteiger partial charge in [-0.15, -0.1) is 11.3 Å². The van der Waals surface area contributed by atoms with Crippen molar-refractivity contribution >= 4 is 39.1 Å². The van der Waals surface area contributed by atoms with Gasteiger partial charge in [-0.3, -0.25) is 4.79 Å². The molecule has 2 heterocycles. The summed E-state index contributed by atoms with van der Waals surface area (Å²) in [6, 6.07) is 15.5. The normalized spacial score (nSPS) is 14.4. The van der Waals surface area contributed by atoms with E-state index >= 15 is 0 Å². The van der Waals surface area contributed by atoms with E-state index in [0.717, 1.165) is 20.5 Å². The molecule has 0 saturated heterocycles. The summed E-state index contributed by atoms with van der Waals surface area (Å²) in [6.45, 7) is 2.36. The summed E-state index contributed by atoms with van der Waals surface area (Å²) in [4.78, 5) is 13.6. The van der Waals surface area contributed by atoms with Crippen molar-refractivity contribution < 1.29 is 14.3 Å². The predicted molar refractivity (Wildman–Crippen MR) is 107 cm³/mol. The van der Waals surface area contributed by atoms with Gasteiger partial charge < -0.3 is 9.47 Å². The molecule has 130 valence electrons. The lowest BCUT2D eigenvalue weighted by atomic mass is 10.0. The molecular formula is C21H15BrO3S. The highest BCUT2D eigenvalue weighted by molar-refractivity contribution is 9.10. The minimum absolute atomic E-state index is 0.0784. The van der Waals surface area contributed by atoms with Gasteiger partial charge in [-0.1, -0.05) is 34.1 Å². The molecule has 0 spiro atoms. The van der Waals surface area contributed by atoms with Gasteiger partial charge in [0.2, 0.25) is 5.78 Å². The summed E-state index contributed by atoms with van der Waals surface area (Å²) in [5, 5.41) is 1.97. The third-order valence-electron chi connectivity index (χ3n) is 4.08. The first kappa shape index (κ1) is 17.1. The molecule has 3 aromatic rings. The number of carbonyl (C=O) groups excluding carboxylic acids is 1. The van der Waals surface area contributed by atoms with Gasteiger partial charge in [0.25, 0.3) is 0 Å². The second-order valence-corrected chi connectivity index (χ2v) is 7.88. The van der Waals surface area contributed by atoms with Crippen LogP contribution in [-0.4, -0.2) is 5.78 Å². The number of hydrogen-bond donors (Lipinski definition) is 0. The van der Waals surface area contributed by atoms with Crippen molar-refractivity contribution in [3.05, 3.63) is 85.7 Å². The standard InChI is InChI=1S/C21H15BrO3S/c1-13-9-16(24-12-14-4-6-15(22)7-5-14)10-18-20(13)21(23)19(25-18)11-17-3-2-8-26-17/h2-11H,12H2,1H3/b19-11-. The van der Waals surface area contributed by atoms with Gasteiger partial charge in [-0.2, -0.15) is 0 Å². The molecule has 0 unspecified atom stereocenters. The average molecular weight is 427 g/mol. The SMILES string of the molecule is Cc1cc(OCc2ccc(Br)cc2)cc2c1C(=O)/C(=C/c1cccs1)O2. The monoisotopic (exact) mass is 426 g/mol. The van der Waals surface area contributed by atoms with Crippen LogP contribution in [0.15, 0.2) is 64.1 Å². The zero-order valence-electron chi connectivity index (χ0n) is 14.0. The van der Waals surface area contributed by atoms with Crippen LogP contribution in [0, 0.1) is 6.92 Å². The number of hydrogen-bond acceptors (Lipinski definition) is 4. The fraction of sp³-hybridized carbons (Fsp3) is 0.0952. The fourth-order valence-electron chi connectivity index (χ4n) is 2.81. The van der Waals surface area contributed by atoms with Gasteiger partial charge in [0, 0.05) is 21.5 Å². The molecule has 0 saturated carbocycles. The summed E-state index contributed by atoms with van der Waals surface area (Å²) in [6.07, 6.45) is 1.79. The molecule has 0 aliphatic carbocycles. The van der Waals surface area contributed by atoms with Crippen molar-refractivity contribution in [3.8, 4) is 11.5 Å². The third-order valence-corrected chi connectivity index (χ3v) is 5.43. The van der Waals surface area contributed by atoms with Crippen LogP contribution in [0.1, 0.15) is 26.4 Å². The predicted octanol–water partition coefficient (Wildman–Crippen LogP) is 6.01. The number of thiophene rings is 1. The Kier molecular flexibility index (Phi) is 4.66. The molecule has 3 nitrogen and oxygen atoms in total. The molecule has 4 rings (SSSR count). The number of fused-ring (bicyclic) bond motifs is 1. The number of aryl methyl sites for hydroxylation is 1. The van der Waals surface area contributed by atoms with E-state index in [2.05, 4.69) is 15.9 Å². The molecule has 0 amide bonds. The van der Waals surface area contributed by atoms with Gasteiger partial charge in [-0.25, -0.2) is 0 Å². The second-order valence-electron chi connectivity index (χ2n) is 5.98.